The molecule has 1 aromatic carbocycles. The Morgan fingerprint density at radius 2 is 1.88 bits per heavy atom. The van der Waals surface area contributed by atoms with E-state index in [-0.39, 0.29) is 5.75 Å². The molecule has 3 nitrogen and oxygen atoms in total. The lowest BCUT2D eigenvalue weighted by molar-refractivity contribution is -0.274. The van der Waals surface area contributed by atoms with Crippen LogP contribution in [-0.4, -0.2) is 24.4 Å². The molecule has 25 heavy (non-hydrogen) atoms. The Hall–Kier alpha value is -1.60. The number of piperidine rings is 1. The van der Waals surface area contributed by atoms with Crippen molar-refractivity contribution in [1.29, 1.82) is 0 Å². The number of benzene rings is 1. The molecule has 1 aliphatic rings. The van der Waals surface area contributed by atoms with Crippen molar-refractivity contribution in [2.45, 2.75) is 44.9 Å². The van der Waals surface area contributed by atoms with Gasteiger partial charge in [-0.3, -0.25) is 0 Å². The molecule has 0 bridgehead atoms. The van der Waals surface area contributed by atoms with Gasteiger partial charge in [0.05, 0.1) is 10.7 Å². The fourth-order valence-corrected chi connectivity index (χ4v) is 4.49. The van der Waals surface area contributed by atoms with E-state index in [1.807, 2.05) is 0 Å². The number of ether oxygens (including phenoxy) is 1. The molecule has 0 unspecified atom stereocenters. The zero-order valence-corrected chi connectivity index (χ0v) is 14.8. The van der Waals surface area contributed by atoms with Crippen molar-refractivity contribution in [3.63, 3.8) is 0 Å². The van der Waals surface area contributed by atoms with E-state index in [0.717, 1.165) is 42.9 Å². The number of halogens is 3. The smallest absolute Gasteiger partial charge is 0.406 e. The van der Waals surface area contributed by atoms with Crippen LogP contribution >= 0.6 is 11.3 Å². The summed E-state index contributed by atoms with van der Waals surface area (Å²) in [7, 11) is 0. The topological polar surface area (TPSA) is 34.1 Å². The van der Waals surface area contributed by atoms with Crippen LogP contribution in [0.2, 0.25) is 0 Å². The predicted octanol–water partition coefficient (Wildman–Crippen LogP) is 4.66. The number of hydrogen-bond donors (Lipinski definition) is 1. The first kappa shape index (κ1) is 18.2. The van der Waals surface area contributed by atoms with Crippen LogP contribution in [0.4, 0.5) is 13.2 Å². The first-order valence-corrected chi connectivity index (χ1v) is 9.30. The molecule has 1 N–H and O–H groups in total. The van der Waals surface area contributed by atoms with Gasteiger partial charge in [0.1, 0.15) is 5.75 Å². The average Bonchev–Trinajstić information content (AvgIpc) is 2.99. The number of hydrogen-bond acceptors (Lipinski definition) is 4. The number of aromatic nitrogens is 1. The van der Waals surface area contributed by atoms with E-state index in [4.69, 9.17) is 4.98 Å². The second kappa shape index (κ2) is 7.74. The fourth-order valence-electron chi connectivity index (χ4n) is 3.13. The summed E-state index contributed by atoms with van der Waals surface area (Å²) in [5.74, 6) is 0.380. The van der Waals surface area contributed by atoms with Gasteiger partial charge in [0.25, 0.3) is 0 Å². The van der Waals surface area contributed by atoms with Gasteiger partial charge in [-0.25, -0.2) is 4.98 Å². The third kappa shape index (κ3) is 4.95. The van der Waals surface area contributed by atoms with Crippen molar-refractivity contribution < 1.29 is 17.9 Å². The third-order valence-electron chi connectivity index (χ3n) is 4.33. The maximum Gasteiger partial charge on any atom is 0.573 e. The molecule has 0 spiro atoms. The maximum atomic E-state index is 12.2. The van der Waals surface area contributed by atoms with Crippen LogP contribution in [0.5, 0.6) is 5.75 Å². The highest BCUT2D eigenvalue weighted by molar-refractivity contribution is 7.11. The summed E-state index contributed by atoms with van der Waals surface area (Å²) < 4.78 is 40.6. The fraction of sp³-hybridized carbons (Fsp3) is 0.500. The molecule has 0 aliphatic carbocycles. The van der Waals surface area contributed by atoms with E-state index >= 15 is 0 Å². The molecule has 1 aromatic heterocycles. The van der Waals surface area contributed by atoms with Crippen molar-refractivity contribution in [2.75, 3.05) is 13.1 Å². The Labute approximate surface area is 149 Å². The van der Waals surface area contributed by atoms with E-state index in [2.05, 4.69) is 17.0 Å². The van der Waals surface area contributed by atoms with Gasteiger partial charge in [0.2, 0.25) is 0 Å². The van der Waals surface area contributed by atoms with Gasteiger partial charge in [0.15, 0.2) is 0 Å². The molecule has 0 atom stereocenters. The van der Waals surface area contributed by atoms with Crippen molar-refractivity contribution in [3.05, 3.63) is 45.4 Å². The van der Waals surface area contributed by atoms with Crippen LogP contribution in [0.3, 0.4) is 0 Å². The van der Waals surface area contributed by atoms with Gasteiger partial charge in [-0.05, 0) is 56.0 Å². The van der Waals surface area contributed by atoms with Crippen molar-refractivity contribution in [3.8, 4) is 5.75 Å². The van der Waals surface area contributed by atoms with E-state index in [1.165, 1.54) is 22.7 Å². The van der Waals surface area contributed by atoms with Gasteiger partial charge in [-0.2, -0.15) is 0 Å². The SMILES string of the molecule is CCc1nc(Cc2ccc(OC(F)(F)F)cc2)sc1C1CCNCC1. The zero-order valence-electron chi connectivity index (χ0n) is 14.0. The number of thiazole rings is 1. The standard InChI is InChI=1S/C18H21F3N2OS/c1-2-15-17(13-7-9-22-10-8-13)25-16(23-15)11-12-3-5-14(6-4-12)24-18(19,20)21/h3-6,13,22H,2,7-11H2,1H3. The van der Waals surface area contributed by atoms with Crippen LogP contribution in [0.1, 0.15) is 46.8 Å². The number of aryl methyl sites for hydroxylation is 1. The minimum absolute atomic E-state index is 0.194. The Kier molecular flexibility index (Phi) is 5.64. The summed E-state index contributed by atoms with van der Waals surface area (Å²) >= 11 is 1.75. The number of nitrogens with zero attached hydrogens (tertiary/aromatic N) is 1. The molecule has 136 valence electrons. The first-order valence-electron chi connectivity index (χ1n) is 8.48. The van der Waals surface area contributed by atoms with Crippen molar-refractivity contribution in [2.24, 2.45) is 0 Å². The monoisotopic (exact) mass is 370 g/mol. The molecule has 7 heteroatoms. The van der Waals surface area contributed by atoms with Crippen molar-refractivity contribution in [1.82, 2.24) is 10.3 Å². The third-order valence-corrected chi connectivity index (χ3v) is 5.59. The van der Waals surface area contributed by atoms with Crippen LogP contribution in [-0.2, 0) is 12.8 Å². The Morgan fingerprint density at radius 3 is 2.48 bits per heavy atom. The maximum absolute atomic E-state index is 12.2. The summed E-state index contributed by atoms with van der Waals surface area (Å²) in [6, 6.07) is 6.03. The molecule has 2 heterocycles. The predicted molar refractivity (Wildman–Crippen MR) is 92.3 cm³/mol. The molecule has 3 rings (SSSR count). The van der Waals surface area contributed by atoms with Crippen LogP contribution in [0.25, 0.3) is 0 Å². The van der Waals surface area contributed by atoms with E-state index in [1.54, 1.807) is 23.5 Å². The minimum atomic E-state index is -4.66. The molecular formula is C18H21F3N2OS. The van der Waals surface area contributed by atoms with E-state index in [0.29, 0.717) is 12.3 Å². The summed E-state index contributed by atoms with van der Waals surface area (Å²) in [6.45, 7) is 4.20. The summed E-state index contributed by atoms with van der Waals surface area (Å²) in [5.41, 5.74) is 2.10. The zero-order chi connectivity index (χ0) is 17.9. The molecule has 1 fully saturated rings. The lowest BCUT2D eigenvalue weighted by Crippen LogP contribution is -2.26. The molecule has 0 amide bonds. The van der Waals surface area contributed by atoms with Crippen molar-refractivity contribution >= 4 is 11.3 Å². The highest BCUT2D eigenvalue weighted by atomic mass is 32.1. The summed E-state index contributed by atoms with van der Waals surface area (Å²) in [5, 5.41) is 4.41. The molecule has 0 radical (unpaired) electrons. The van der Waals surface area contributed by atoms with Gasteiger partial charge in [0, 0.05) is 11.3 Å². The second-order valence-electron chi connectivity index (χ2n) is 6.16. The Bertz CT molecular complexity index is 691. The Balaban J connectivity index is 1.71. The normalized spacial score (nSPS) is 16.2. The number of rotatable bonds is 5. The van der Waals surface area contributed by atoms with Gasteiger partial charge < -0.3 is 10.1 Å². The van der Waals surface area contributed by atoms with Crippen LogP contribution in [0.15, 0.2) is 24.3 Å². The quantitative estimate of drug-likeness (QED) is 0.831. The molecular weight excluding hydrogens is 349 g/mol. The van der Waals surface area contributed by atoms with E-state index < -0.39 is 6.36 Å². The number of alkyl halides is 3. The minimum Gasteiger partial charge on any atom is -0.406 e. The summed E-state index contributed by atoms with van der Waals surface area (Å²) in [4.78, 5) is 6.15. The molecule has 1 aliphatic heterocycles. The average molecular weight is 370 g/mol. The first-order chi connectivity index (χ1) is 11.9. The number of nitrogens with one attached hydrogen (secondary N) is 1. The Morgan fingerprint density at radius 1 is 1.20 bits per heavy atom. The van der Waals surface area contributed by atoms with Gasteiger partial charge >= 0.3 is 6.36 Å². The lowest BCUT2D eigenvalue weighted by Gasteiger charge is -2.22. The molecule has 2 aromatic rings. The highest BCUT2D eigenvalue weighted by Gasteiger charge is 2.31. The van der Waals surface area contributed by atoms with Gasteiger partial charge in [-0.15, -0.1) is 24.5 Å². The molecule has 0 saturated carbocycles. The summed E-state index contributed by atoms with van der Waals surface area (Å²) in [6.07, 6.45) is -0.837. The van der Waals surface area contributed by atoms with Crippen LogP contribution in [0, 0.1) is 0 Å². The molecule has 1 saturated heterocycles. The largest absolute Gasteiger partial charge is 0.573 e. The highest BCUT2D eigenvalue weighted by Crippen LogP contribution is 2.34. The van der Waals surface area contributed by atoms with E-state index in [9.17, 15) is 13.2 Å². The van der Waals surface area contributed by atoms with Crippen LogP contribution < -0.4 is 10.1 Å². The second-order valence-corrected chi connectivity index (χ2v) is 7.28. The lowest BCUT2D eigenvalue weighted by atomic mass is 9.95. The van der Waals surface area contributed by atoms with Gasteiger partial charge in [-0.1, -0.05) is 19.1 Å².